The predicted molar refractivity (Wildman–Crippen MR) is 113 cm³/mol. The van der Waals surface area contributed by atoms with Crippen molar-refractivity contribution < 1.29 is 4.79 Å². The van der Waals surface area contributed by atoms with Crippen LogP contribution in [0.25, 0.3) is 0 Å². The minimum atomic E-state index is 0.0944. The smallest absolute Gasteiger partial charge is 0.265 e. The molecule has 0 bridgehead atoms. The molecule has 3 heterocycles. The molecule has 1 saturated heterocycles. The van der Waals surface area contributed by atoms with E-state index in [4.69, 9.17) is 16.6 Å². The summed E-state index contributed by atoms with van der Waals surface area (Å²) in [6, 6.07) is 14.1. The number of nitrogens with zero attached hydrogens (tertiary/aromatic N) is 3. The third-order valence-electron chi connectivity index (χ3n) is 5.22. The van der Waals surface area contributed by atoms with Crippen LogP contribution in [0.3, 0.4) is 0 Å². The van der Waals surface area contributed by atoms with Crippen molar-refractivity contribution >= 4 is 28.8 Å². The zero-order valence-electron chi connectivity index (χ0n) is 15.8. The number of rotatable bonds is 4. The first kappa shape index (κ1) is 19.1. The van der Waals surface area contributed by atoms with Gasteiger partial charge in [-0.15, -0.1) is 11.3 Å². The highest BCUT2D eigenvalue weighted by Crippen LogP contribution is 2.28. The number of carbonyl (C=O) groups is 1. The van der Waals surface area contributed by atoms with E-state index in [9.17, 15) is 4.79 Å². The van der Waals surface area contributed by atoms with Crippen LogP contribution in [0.2, 0.25) is 5.02 Å². The largest absolute Gasteiger partial charge is 0.337 e. The molecule has 3 aromatic rings. The molecule has 0 aliphatic carbocycles. The quantitative estimate of drug-likeness (QED) is 0.599. The molecule has 0 unspecified atom stereocenters. The highest BCUT2D eigenvalue weighted by Gasteiger charge is 2.28. The van der Waals surface area contributed by atoms with E-state index >= 15 is 0 Å². The van der Waals surface area contributed by atoms with Gasteiger partial charge in [-0.2, -0.15) is 0 Å². The SMILES string of the molecule is Cc1ncsc1C(=O)N1CCC[C@H](c2cccc(Cc3ccccc3Cl)n2)C1. The van der Waals surface area contributed by atoms with Crippen molar-refractivity contribution in [3.05, 3.63) is 80.5 Å². The van der Waals surface area contributed by atoms with Crippen LogP contribution in [0.1, 0.15) is 51.1 Å². The van der Waals surface area contributed by atoms with Crippen LogP contribution in [0.4, 0.5) is 0 Å². The summed E-state index contributed by atoms with van der Waals surface area (Å²) in [5.41, 5.74) is 5.70. The number of benzene rings is 1. The van der Waals surface area contributed by atoms with E-state index < -0.39 is 0 Å². The minimum absolute atomic E-state index is 0.0944. The number of amides is 1. The van der Waals surface area contributed by atoms with E-state index in [-0.39, 0.29) is 11.8 Å². The van der Waals surface area contributed by atoms with Crippen molar-refractivity contribution in [1.29, 1.82) is 0 Å². The minimum Gasteiger partial charge on any atom is -0.337 e. The molecule has 6 heteroatoms. The molecule has 0 radical (unpaired) electrons. The monoisotopic (exact) mass is 411 g/mol. The molecule has 2 aromatic heterocycles. The van der Waals surface area contributed by atoms with Crippen molar-refractivity contribution in [2.75, 3.05) is 13.1 Å². The fourth-order valence-corrected chi connectivity index (χ4v) is 4.69. The number of pyridine rings is 1. The molecule has 28 heavy (non-hydrogen) atoms. The molecule has 1 fully saturated rings. The first-order valence-electron chi connectivity index (χ1n) is 9.50. The van der Waals surface area contributed by atoms with Crippen molar-refractivity contribution in [2.45, 2.75) is 32.1 Å². The first-order chi connectivity index (χ1) is 13.6. The molecule has 1 aromatic carbocycles. The lowest BCUT2D eigenvalue weighted by molar-refractivity contribution is 0.0710. The summed E-state index contributed by atoms with van der Waals surface area (Å²) in [6.45, 7) is 3.40. The second-order valence-corrected chi connectivity index (χ2v) is 8.44. The van der Waals surface area contributed by atoms with Crippen LogP contribution in [-0.2, 0) is 6.42 Å². The van der Waals surface area contributed by atoms with Crippen LogP contribution in [-0.4, -0.2) is 33.9 Å². The summed E-state index contributed by atoms with van der Waals surface area (Å²) in [7, 11) is 0. The molecule has 0 saturated carbocycles. The maximum absolute atomic E-state index is 12.9. The highest BCUT2D eigenvalue weighted by molar-refractivity contribution is 7.11. The Labute approximate surface area is 174 Å². The molecular weight excluding hydrogens is 390 g/mol. The van der Waals surface area contributed by atoms with Gasteiger partial charge in [0.1, 0.15) is 4.88 Å². The molecule has 4 nitrogen and oxygen atoms in total. The van der Waals surface area contributed by atoms with Crippen molar-refractivity contribution in [3.63, 3.8) is 0 Å². The second kappa shape index (κ2) is 8.41. The summed E-state index contributed by atoms with van der Waals surface area (Å²) in [6.07, 6.45) is 2.75. The van der Waals surface area contributed by atoms with Gasteiger partial charge in [-0.3, -0.25) is 9.78 Å². The molecule has 1 aliphatic heterocycles. The lowest BCUT2D eigenvalue weighted by Gasteiger charge is -2.32. The third-order valence-corrected chi connectivity index (χ3v) is 6.51. The number of thiazole rings is 1. The Morgan fingerprint density at radius 2 is 2.11 bits per heavy atom. The van der Waals surface area contributed by atoms with E-state index in [0.29, 0.717) is 13.0 Å². The van der Waals surface area contributed by atoms with E-state index in [1.165, 1.54) is 11.3 Å². The Morgan fingerprint density at radius 3 is 2.89 bits per heavy atom. The topological polar surface area (TPSA) is 46.1 Å². The second-order valence-electron chi connectivity index (χ2n) is 7.18. The molecule has 0 spiro atoms. The number of hydrogen-bond donors (Lipinski definition) is 0. The molecule has 0 N–H and O–H groups in total. The van der Waals surface area contributed by atoms with Gasteiger partial charge in [-0.1, -0.05) is 35.9 Å². The summed E-state index contributed by atoms with van der Waals surface area (Å²) >= 11 is 7.73. The third kappa shape index (κ3) is 4.10. The highest BCUT2D eigenvalue weighted by atomic mass is 35.5. The van der Waals surface area contributed by atoms with Gasteiger partial charge in [0, 0.05) is 41.8 Å². The first-order valence-corrected chi connectivity index (χ1v) is 10.8. The van der Waals surface area contributed by atoms with Crippen LogP contribution >= 0.6 is 22.9 Å². The number of piperidine rings is 1. The van der Waals surface area contributed by atoms with Gasteiger partial charge >= 0.3 is 0 Å². The maximum Gasteiger partial charge on any atom is 0.265 e. The Bertz CT molecular complexity index is 987. The fraction of sp³-hybridized carbons (Fsp3) is 0.318. The summed E-state index contributed by atoms with van der Waals surface area (Å²) in [5.74, 6) is 0.356. The lowest BCUT2D eigenvalue weighted by atomic mass is 9.93. The number of likely N-dealkylation sites (tertiary alicyclic amines) is 1. The summed E-state index contributed by atoms with van der Waals surface area (Å²) in [5, 5.41) is 0.768. The Balaban J connectivity index is 1.50. The molecule has 144 valence electrons. The Kier molecular flexibility index (Phi) is 5.74. The average Bonchev–Trinajstić information content (AvgIpc) is 3.15. The zero-order valence-corrected chi connectivity index (χ0v) is 17.3. The van der Waals surface area contributed by atoms with E-state index in [1.54, 1.807) is 5.51 Å². The van der Waals surface area contributed by atoms with Crippen molar-refractivity contribution in [2.24, 2.45) is 0 Å². The van der Waals surface area contributed by atoms with Gasteiger partial charge in [0.15, 0.2) is 0 Å². The predicted octanol–water partition coefficient (Wildman–Crippen LogP) is 5.11. The molecule has 4 rings (SSSR count). The Hall–Kier alpha value is -2.24. The van der Waals surface area contributed by atoms with Crippen molar-refractivity contribution in [3.8, 4) is 0 Å². The number of aromatic nitrogens is 2. The average molecular weight is 412 g/mol. The molecule has 1 atom stereocenters. The van der Waals surface area contributed by atoms with Gasteiger partial charge < -0.3 is 4.90 Å². The van der Waals surface area contributed by atoms with Gasteiger partial charge in [-0.05, 0) is 43.5 Å². The number of hydrogen-bond acceptors (Lipinski definition) is 4. The van der Waals surface area contributed by atoms with Gasteiger partial charge in [-0.25, -0.2) is 4.98 Å². The standard InChI is InChI=1S/C22H22ClN3OS/c1-15-21(28-14-24-15)22(27)26-11-5-7-17(13-26)20-10-4-8-18(25-20)12-16-6-2-3-9-19(16)23/h2-4,6,8-10,14,17H,5,7,11-13H2,1H3/t17-/m0/s1. The van der Waals surface area contributed by atoms with Gasteiger partial charge in [0.25, 0.3) is 5.91 Å². The van der Waals surface area contributed by atoms with Crippen LogP contribution in [0, 0.1) is 6.92 Å². The van der Waals surface area contributed by atoms with E-state index in [1.807, 2.05) is 42.2 Å². The number of halogens is 1. The van der Waals surface area contributed by atoms with Crippen molar-refractivity contribution in [1.82, 2.24) is 14.9 Å². The molecular formula is C22H22ClN3OS. The molecule has 1 aliphatic rings. The van der Waals surface area contributed by atoms with Crippen LogP contribution < -0.4 is 0 Å². The van der Waals surface area contributed by atoms with Gasteiger partial charge in [0.2, 0.25) is 0 Å². The zero-order chi connectivity index (χ0) is 19.5. The normalized spacial score (nSPS) is 16.9. The van der Waals surface area contributed by atoms with Crippen LogP contribution in [0.5, 0.6) is 0 Å². The fourth-order valence-electron chi connectivity index (χ4n) is 3.71. The van der Waals surface area contributed by atoms with E-state index in [2.05, 4.69) is 17.1 Å². The molecule has 1 amide bonds. The van der Waals surface area contributed by atoms with Gasteiger partial charge in [0.05, 0.1) is 11.2 Å². The number of carbonyl (C=O) groups excluding carboxylic acids is 1. The maximum atomic E-state index is 12.9. The summed E-state index contributed by atoms with van der Waals surface area (Å²) < 4.78 is 0. The lowest BCUT2D eigenvalue weighted by Crippen LogP contribution is -2.39. The Morgan fingerprint density at radius 1 is 1.25 bits per heavy atom. The van der Waals surface area contributed by atoms with E-state index in [0.717, 1.165) is 51.9 Å². The summed E-state index contributed by atoms with van der Waals surface area (Å²) in [4.78, 5) is 24.7. The number of aryl methyl sites for hydroxylation is 1. The van der Waals surface area contributed by atoms with Crippen LogP contribution in [0.15, 0.2) is 48.0 Å².